The lowest BCUT2D eigenvalue weighted by atomic mass is 9.78. The Morgan fingerprint density at radius 3 is 2.89 bits per heavy atom. The molecule has 5 heteroatoms. The minimum atomic E-state index is -0.735. The van der Waals surface area contributed by atoms with Crippen LogP contribution in [0.2, 0.25) is 0 Å². The monoisotopic (exact) mass is 251 g/mol. The molecule has 1 aromatic heterocycles. The number of amides is 1. The number of aromatic amines is 1. The van der Waals surface area contributed by atoms with Crippen LogP contribution in [-0.2, 0) is 0 Å². The summed E-state index contributed by atoms with van der Waals surface area (Å²) in [6.45, 7) is 2.51. The first-order valence-electron chi connectivity index (χ1n) is 6.63. The summed E-state index contributed by atoms with van der Waals surface area (Å²) in [4.78, 5) is 11.7. The summed E-state index contributed by atoms with van der Waals surface area (Å²) < 4.78 is 0. The maximum absolute atomic E-state index is 11.7. The summed E-state index contributed by atoms with van der Waals surface area (Å²) in [5, 5.41) is 19.5. The van der Waals surface area contributed by atoms with E-state index < -0.39 is 5.60 Å². The molecule has 0 spiro atoms. The van der Waals surface area contributed by atoms with E-state index in [1.165, 1.54) is 12.6 Å². The number of aliphatic hydroxyl groups is 1. The van der Waals surface area contributed by atoms with E-state index in [1.54, 1.807) is 6.07 Å². The Hall–Kier alpha value is -1.36. The van der Waals surface area contributed by atoms with Gasteiger partial charge >= 0.3 is 0 Å². The van der Waals surface area contributed by atoms with Gasteiger partial charge in [-0.3, -0.25) is 9.89 Å². The van der Waals surface area contributed by atoms with E-state index in [2.05, 4.69) is 22.4 Å². The number of rotatable bonds is 4. The van der Waals surface area contributed by atoms with Crippen molar-refractivity contribution in [2.45, 2.75) is 44.6 Å². The van der Waals surface area contributed by atoms with Crippen molar-refractivity contribution in [2.75, 3.05) is 6.54 Å². The number of carbonyl (C=O) groups excluding carboxylic acids is 1. The van der Waals surface area contributed by atoms with Crippen molar-refractivity contribution in [2.24, 2.45) is 5.92 Å². The average Bonchev–Trinajstić information content (AvgIpc) is 2.91. The van der Waals surface area contributed by atoms with E-state index in [4.69, 9.17) is 0 Å². The molecular formula is C13H21N3O2. The lowest BCUT2D eigenvalue weighted by Crippen LogP contribution is -2.45. The maximum atomic E-state index is 11.7. The average molecular weight is 251 g/mol. The highest BCUT2D eigenvalue weighted by atomic mass is 16.3. The van der Waals surface area contributed by atoms with Gasteiger partial charge in [-0.2, -0.15) is 5.10 Å². The van der Waals surface area contributed by atoms with E-state index in [9.17, 15) is 9.90 Å². The van der Waals surface area contributed by atoms with Crippen molar-refractivity contribution < 1.29 is 9.90 Å². The lowest BCUT2D eigenvalue weighted by molar-refractivity contribution is -0.00790. The van der Waals surface area contributed by atoms with Crippen molar-refractivity contribution in [3.8, 4) is 0 Å². The number of carbonyl (C=O) groups is 1. The second kappa shape index (κ2) is 5.52. The van der Waals surface area contributed by atoms with E-state index in [-0.39, 0.29) is 5.91 Å². The second-order valence-corrected chi connectivity index (χ2v) is 5.23. The minimum Gasteiger partial charge on any atom is -0.388 e. The first-order valence-corrected chi connectivity index (χ1v) is 6.63. The molecule has 1 amide bonds. The number of hydrogen-bond acceptors (Lipinski definition) is 3. The Kier molecular flexibility index (Phi) is 4.01. The normalized spacial score (nSPS) is 28.0. The van der Waals surface area contributed by atoms with Crippen LogP contribution in [0.15, 0.2) is 12.3 Å². The van der Waals surface area contributed by atoms with E-state index in [0.717, 1.165) is 31.6 Å². The Balaban J connectivity index is 1.81. The van der Waals surface area contributed by atoms with E-state index in [1.807, 2.05) is 0 Å². The zero-order chi connectivity index (χ0) is 13.0. The second-order valence-electron chi connectivity index (χ2n) is 5.23. The molecule has 100 valence electrons. The molecule has 3 N–H and O–H groups in total. The molecule has 0 aromatic carbocycles. The summed E-state index contributed by atoms with van der Waals surface area (Å²) in [7, 11) is 0. The first kappa shape index (κ1) is 13.1. The van der Waals surface area contributed by atoms with Crippen molar-refractivity contribution in [1.82, 2.24) is 15.5 Å². The van der Waals surface area contributed by atoms with Gasteiger partial charge in [-0.05, 0) is 37.7 Å². The molecule has 1 aliphatic rings. The molecular weight excluding hydrogens is 230 g/mol. The van der Waals surface area contributed by atoms with Crippen molar-refractivity contribution >= 4 is 5.91 Å². The predicted molar refractivity (Wildman–Crippen MR) is 68.1 cm³/mol. The minimum absolute atomic E-state index is 0.210. The van der Waals surface area contributed by atoms with Crippen LogP contribution >= 0.6 is 0 Å². The quantitative estimate of drug-likeness (QED) is 0.758. The SMILES string of the molecule is CCC1CCC(O)(CNC(=O)c2ccn[nH]2)CC1. The first-order chi connectivity index (χ1) is 8.63. The van der Waals surface area contributed by atoms with Crippen LogP contribution in [0.1, 0.15) is 49.5 Å². The highest BCUT2D eigenvalue weighted by Gasteiger charge is 2.32. The highest BCUT2D eigenvalue weighted by molar-refractivity contribution is 5.92. The number of nitrogens with zero attached hydrogens (tertiary/aromatic N) is 1. The summed E-state index contributed by atoms with van der Waals surface area (Å²) in [6, 6.07) is 1.62. The van der Waals surface area contributed by atoms with Gasteiger partial charge in [-0.25, -0.2) is 0 Å². The molecule has 18 heavy (non-hydrogen) atoms. The number of hydrogen-bond donors (Lipinski definition) is 3. The zero-order valence-corrected chi connectivity index (χ0v) is 10.8. The lowest BCUT2D eigenvalue weighted by Gasteiger charge is -2.35. The van der Waals surface area contributed by atoms with Gasteiger partial charge in [0.25, 0.3) is 5.91 Å². The Morgan fingerprint density at radius 1 is 1.61 bits per heavy atom. The number of aromatic nitrogens is 2. The summed E-state index contributed by atoms with van der Waals surface area (Å²) in [6.07, 6.45) is 6.36. The van der Waals surface area contributed by atoms with Crippen LogP contribution in [0.3, 0.4) is 0 Å². The molecule has 0 saturated heterocycles. The van der Waals surface area contributed by atoms with Gasteiger partial charge in [0.2, 0.25) is 0 Å². The van der Waals surface area contributed by atoms with Gasteiger partial charge in [0.15, 0.2) is 0 Å². The molecule has 1 fully saturated rings. The molecule has 0 aliphatic heterocycles. The molecule has 1 saturated carbocycles. The molecule has 1 aromatic rings. The smallest absolute Gasteiger partial charge is 0.269 e. The Morgan fingerprint density at radius 2 is 2.33 bits per heavy atom. The molecule has 0 atom stereocenters. The summed E-state index contributed by atoms with van der Waals surface area (Å²) in [5.41, 5.74) is -0.303. The van der Waals surface area contributed by atoms with Crippen molar-refractivity contribution in [3.63, 3.8) is 0 Å². The van der Waals surface area contributed by atoms with Gasteiger partial charge in [0.1, 0.15) is 5.69 Å². The third-order valence-electron chi connectivity index (χ3n) is 3.94. The van der Waals surface area contributed by atoms with Crippen molar-refractivity contribution in [3.05, 3.63) is 18.0 Å². The molecule has 1 heterocycles. The summed E-state index contributed by atoms with van der Waals surface area (Å²) >= 11 is 0. The van der Waals surface area contributed by atoms with Gasteiger partial charge in [-0.1, -0.05) is 13.3 Å². The third kappa shape index (κ3) is 3.10. The fourth-order valence-corrected chi connectivity index (χ4v) is 2.52. The molecule has 0 bridgehead atoms. The van der Waals surface area contributed by atoms with Crippen molar-refractivity contribution in [1.29, 1.82) is 0 Å². The Labute approximate surface area is 107 Å². The molecule has 0 radical (unpaired) electrons. The predicted octanol–water partition coefficient (Wildman–Crippen LogP) is 1.47. The van der Waals surface area contributed by atoms with Crippen LogP contribution in [0.25, 0.3) is 0 Å². The van der Waals surface area contributed by atoms with Gasteiger partial charge in [-0.15, -0.1) is 0 Å². The van der Waals surface area contributed by atoms with Gasteiger partial charge < -0.3 is 10.4 Å². The highest BCUT2D eigenvalue weighted by Crippen LogP contribution is 2.33. The van der Waals surface area contributed by atoms with Gasteiger partial charge in [0, 0.05) is 12.7 Å². The fourth-order valence-electron chi connectivity index (χ4n) is 2.52. The largest absolute Gasteiger partial charge is 0.388 e. The number of nitrogens with one attached hydrogen (secondary N) is 2. The van der Waals surface area contributed by atoms with E-state index >= 15 is 0 Å². The molecule has 1 aliphatic carbocycles. The van der Waals surface area contributed by atoms with Crippen LogP contribution in [-0.4, -0.2) is 33.4 Å². The van der Waals surface area contributed by atoms with Crippen LogP contribution < -0.4 is 5.32 Å². The zero-order valence-electron chi connectivity index (χ0n) is 10.8. The number of H-pyrrole nitrogens is 1. The van der Waals surface area contributed by atoms with Crippen LogP contribution in [0, 0.1) is 5.92 Å². The van der Waals surface area contributed by atoms with Gasteiger partial charge in [0.05, 0.1) is 5.60 Å². The Bertz CT molecular complexity index is 381. The van der Waals surface area contributed by atoms with E-state index in [0.29, 0.717) is 12.2 Å². The standard InChI is InChI=1S/C13H21N3O2/c1-2-10-3-6-13(18,7-4-10)9-14-12(17)11-5-8-15-16-11/h5,8,10,18H,2-4,6-7,9H2,1H3,(H,14,17)(H,15,16). The van der Waals surface area contributed by atoms with Crippen LogP contribution in [0.5, 0.6) is 0 Å². The molecule has 0 unspecified atom stereocenters. The third-order valence-corrected chi connectivity index (χ3v) is 3.94. The summed E-state index contributed by atoms with van der Waals surface area (Å²) in [5.74, 6) is 0.520. The molecule has 2 rings (SSSR count). The van der Waals surface area contributed by atoms with Crippen LogP contribution in [0.4, 0.5) is 0 Å². The maximum Gasteiger partial charge on any atom is 0.269 e. The fraction of sp³-hybridized carbons (Fsp3) is 0.692. The molecule has 5 nitrogen and oxygen atoms in total. The topological polar surface area (TPSA) is 78.0 Å².